The van der Waals surface area contributed by atoms with Crippen LogP contribution in [0.15, 0.2) is 18.2 Å². The maximum absolute atomic E-state index is 12.3. The van der Waals surface area contributed by atoms with Gasteiger partial charge in [0, 0.05) is 16.6 Å². The van der Waals surface area contributed by atoms with Gasteiger partial charge in [-0.05, 0) is 30.3 Å². The molecule has 0 amide bonds. The van der Waals surface area contributed by atoms with E-state index in [4.69, 9.17) is 0 Å². The standard InChI is InChI=1S/C13H16F3NOSi/c1-8-12(19(2,3)4)10-7-9(18-13(14,15)16)5-6-11(10)17-8/h5-7,17H,1-4H3. The van der Waals surface area contributed by atoms with Gasteiger partial charge >= 0.3 is 6.36 Å². The minimum absolute atomic E-state index is 0.168. The molecule has 2 aromatic rings. The Hall–Kier alpha value is -1.43. The van der Waals surface area contributed by atoms with Crippen LogP contribution in [0.4, 0.5) is 13.2 Å². The summed E-state index contributed by atoms with van der Waals surface area (Å²) in [6, 6.07) is 4.44. The Bertz CT molecular complexity index is 611. The van der Waals surface area contributed by atoms with Crippen LogP contribution in [0.2, 0.25) is 19.6 Å². The third-order valence-corrected chi connectivity index (χ3v) is 5.09. The first-order valence-corrected chi connectivity index (χ1v) is 9.46. The van der Waals surface area contributed by atoms with Gasteiger partial charge in [0.2, 0.25) is 0 Å². The van der Waals surface area contributed by atoms with Crippen LogP contribution < -0.4 is 9.92 Å². The predicted molar refractivity (Wildman–Crippen MR) is 72.7 cm³/mol. The van der Waals surface area contributed by atoms with Crippen molar-refractivity contribution in [2.75, 3.05) is 0 Å². The minimum atomic E-state index is -4.65. The Labute approximate surface area is 110 Å². The van der Waals surface area contributed by atoms with E-state index in [9.17, 15) is 13.2 Å². The number of halogens is 3. The van der Waals surface area contributed by atoms with Crippen molar-refractivity contribution in [1.82, 2.24) is 4.98 Å². The van der Waals surface area contributed by atoms with E-state index >= 15 is 0 Å². The summed E-state index contributed by atoms with van der Waals surface area (Å²) in [6.07, 6.45) is -4.65. The predicted octanol–water partition coefficient (Wildman–Crippen LogP) is 3.92. The summed E-state index contributed by atoms with van der Waals surface area (Å²) in [7, 11) is -1.64. The summed E-state index contributed by atoms with van der Waals surface area (Å²) < 4.78 is 40.8. The summed E-state index contributed by atoms with van der Waals surface area (Å²) in [4.78, 5) is 3.22. The molecule has 1 N–H and O–H groups in total. The van der Waals surface area contributed by atoms with Crippen molar-refractivity contribution >= 4 is 24.2 Å². The number of H-pyrrole nitrogens is 1. The summed E-state index contributed by atoms with van der Waals surface area (Å²) in [6.45, 7) is 8.46. The quantitative estimate of drug-likeness (QED) is 0.832. The number of aryl methyl sites for hydroxylation is 1. The number of hydrogen-bond acceptors (Lipinski definition) is 1. The average molecular weight is 287 g/mol. The number of ether oxygens (including phenoxy) is 1. The van der Waals surface area contributed by atoms with Crippen LogP contribution in [-0.2, 0) is 0 Å². The molecule has 1 aromatic heterocycles. The zero-order valence-corrected chi connectivity index (χ0v) is 12.3. The molecule has 2 nitrogen and oxygen atoms in total. The summed E-state index contributed by atoms with van der Waals surface area (Å²) in [5.41, 5.74) is 1.88. The van der Waals surface area contributed by atoms with Gasteiger partial charge in [-0.15, -0.1) is 13.2 Å². The molecule has 0 spiro atoms. The molecule has 104 valence electrons. The van der Waals surface area contributed by atoms with Gasteiger partial charge in [-0.1, -0.05) is 19.6 Å². The van der Waals surface area contributed by atoms with Crippen LogP contribution >= 0.6 is 0 Å². The SMILES string of the molecule is Cc1[nH]c2ccc(OC(F)(F)F)cc2c1[Si](C)(C)C. The van der Waals surface area contributed by atoms with Crippen molar-refractivity contribution in [3.8, 4) is 5.75 Å². The van der Waals surface area contributed by atoms with Gasteiger partial charge in [0.1, 0.15) is 5.75 Å². The van der Waals surface area contributed by atoms with Gasteiger partial charge in [0.15, 0.2) is 0 Å². The zero-order valence-electron chi connectivity index (χ0n) is 11.3. The maximum atomic E-state index is 12.3. The third-order valence-electron chi connectivity index (χ3n) is 2.94. The van der Waals surface area contributed by atoms with Crippen LogP contribution in [0.1, 0.15) is 5.69 Å². The van der Waals surface area contributed by atoms with Gasteiger partial charge in [-0.3, -0.25) is 0 Å². The number of fused-ring (bicyclic) bond motifs is 1. The zero-order chi connectivity index (χ0) is 14.4. The Morgan fingerprint density at radius 2 is 1.79 bits per heavy atom. The fourth-order valence-corrected chi connectivity index (χ4v) is 4.67. The Morgan fingerprint density at radius 1 is 1.16 bits per heavy atom. The number of aromatic amines is 1. The molecular formula is C13H16F3NOSi. The minimum Gasteiger partial charge on any atom is -0.406 e. The number of benzene rings is 1. The van der Waals surface area contributed by atoms with Crippen LogP contribution in [0.3, 0.4) is 0 Å². The number of rotatable bonds is 2. The second kappa shape index (κ2) is 4.30. The molecule has 0 saturated heterocycles. The lowest BCUT2D eigenvalue weighted by Gasteiger charge is -2.17. The highest BCUT2D eigenvalue weighted by Gasteiger charge is 2.31. The van der Waals surface area contributed by atoms with E-state index in [-0.39, 0.29) is 5.75 Å². The number of alkyl halides is 3. The first kappa shape index (κ1) is 14.0. The third kappa shape index (κ3) is 2.94. The summed E-state index contributed by atoms with van der Waals surface area (Å²) >= 11 is 0. The highest BCUT2D eigenvalue weighted by Crippen LogP contribution is 2.27. The normalized spacial score (nSPS) is 13.0. The number of nitrogens with one attached hydrogen (secondary N) is 1. The van der Waals surface area contributed by atoms with Crippen LogP contribution in [0, 0.1) is 6.92 Å². The van der Waals surface area contributed by atoms with Crippen molar-refractivity contribution in [2.24, 2.45) is 0 Å². The fourth-order valence-electron chi connectivity index (χ4n) is 2.47. The molecule has 2 rings (SSSR count). The van der Waals surface area contributed by atoms with E-state index in [1.54, 1.807) is 6.07 Å². The molecule has 0 aliphatic heterocycles. The van der Waals surface area contributed by atoms with E-state index in [1.165, 1.54) is 12.1 Å². The van der Waals surface area contributed by atoms with Crippen molar-refractivity contribution < 1.29 is 17.9 Å². The van der Waals surface area contributed by atoms with Gasteiger partial charge in [0.05, 0.1) is 8.07 Å². The van der Waals surface area contributed by atoms with Crippen molar-refractivity contribution in [3.63, 3.8) is 0 Å². The molecule has 0 saturated carbocycles. The summed E-state index contributed by atoms with van der Waals surface area (Å²) in [5.74, 6) is -0.168. The molecule has 0 aliphatic rings. The van der Waals surface area contributed by atoms with E-state index in [1.807, 2.05) is 6.92 Å². The van der Waals surface area contributed by atoms with E-state index < -0.39 is 14.4 Å². The lowest BCUT2D eigenvalue weighted by atomic mass is 10.2. The number of hydrogen-bond donors (Lipinski definition) is 1. The lowest BCUT2D eigenvalue weighted by molar-refractivity contribution is -0.274. The van der Waals surface area contributed by atoms with Gasteiger partial charge in [-0.25, -0.2) is 0 Å². The van der Waals surface area contributed by atoms with Crippen molar-refractivity contribution in [3.05, 3.63) is 23.9 Å². The van der Waals surface area contributed by atoms with E-state index in [0.717, 1.165) is 21.8 Å². The van der Waals surface area contributed by atoms with Crippen LogP contribution in [0.25, 0.3) is 10.9 Å². The highest BCUT2D eigenvalue weighted by molar-refractivity contribution is 6.90. The summed E-state index contributed by atoms with van der Waals surface area (Å²) in [5, 5.41) is 1.98. The topological polar surface area (TPSA) is 25.0 Å². The van der Waals surface area contributed by atoms with Crippen molar-refractivity contribution in [2.45, 2.75) is 32.9 Å². The first-order chi connectivity index (χ1) is 8.58. The molecule has 19 heavy (non-hydrogen) atoms. The van der Waals surface area contributed by atoms with E-state index in [0.29, 0.717) is 0 Å². The molecule has 6 heteroatoms. The number of aromatic nitrogens is 1. The van der Waals surface area contributed by atoms with Crippen LogP contribution in [0.5, 0.6) is 5.75 Å². The van der Waals surface area contributed by atoms with Crippen LogP contribution in [-0.4, -0.2) is 19.4 Å². The second-order valence-corrected chi connectivity index (χ2v) is 10.6. The fraction of sp³-hybridized carbons (Fsp3) is 0.385. The Morgan fingerprint density at radius 3 is 2.32 bits per heavy atom. The van der Waals surface area contributed by atoms with Gasteiger partial charge < -0.3 is 9.72 Å². The molecule has 1 heterocycles. The highest BCUT2D eigenvalue weighted by atomic mass is 28.3. The molecule has 0 unspecified atom stereocenters. The lowest BCUT2D eigenvalue weighted by Crippen LogP contribution is -2.38. The molecular weight excluding hydrogens is 271 g/mol. The Kier molecular flexibility index (Phi) is 3.16. The van der Waals surface area contributed by atoms with Crippen molar-refractivity contribution in [1.29, 1.82) is 0 Å². The first-order valence-electron chi connectivity index (χ1n) is 5.96. The largest absolute Gasteiger partial charge is 0.573 e. The van der Waals surface area contributed by atoms with Gasteiger partial charge in [-0.2, -0.15) is 0 Å². The molecule has 1 aromatic carbocycles. The second-order valence-electron chi connectivity index (χ2n) is 5.63. The van der Waals surface area contributed by atoms with E-state index in [2.05, 4.69) is 29.4 Å². The molecule has 0 atom stereocenters. The Balaban J connectivity index is 2.58. The molecule has 0 bridgehead atoms. The monoisotopic (exact) mass is 287 g/mol. The maximum Gasteiger partial charge on any atom is 0.573 e. The van der Waals surface area contributed by atoms with Gasteiger partial charge in [0.25, 0.3) is 0 Å². The average Bonchev–Trinajstić information content (AvgIpc) is 2.49. The smallest absolute Gasteiger partial charge is 0.406 e. The molecule has 0 fully saturated rings. The molecule has 0 radical (unpaired) electrons. The molecule has 0 aliphatic carbocycles.